The molecule has 2 rings (SSSR count). The van der Waals surface area contributed by atoms with Crippen LogP contribution in [0, 0.1) is 0 Å². The van der Waals surface area contributed by atoms with Crippen LogP contribution in [0.25, 0.3) is 0 Å². The molecule has 0 radical (unpaired) electrons. The van der Waals surface area contributed by atoms with Gasteiger partial charge in [-0.2, -0.15) is 5.10 Å². The molecule has 1 aromatic rings. The summed E-state index contributed by atoms with van der Waals surface area (Å²) in [6.07, 6.45) is 14.1. The lowest BCUT2D eigenvalue weighted by molar-refractivity contribution is 0.378. The number of aromatic amines is 1. The minimum Gasteiger partial charge on any atom is -0.383 e. The van der Waals surface area contributed by atoms with Gasteiger partial charge in [-0.05, 0) is 24.8 Å². The normalized spacial score (nSPS) is 14.7. The van der Waals surface area contributed by atoms with Crippen molar-refractivity contribution >= 4 is 0 Å². The SMILES string of the molecule is CCCCCN1C=CC=C(NCc2cn[nH]c2)C1. The molecule has 1 aromatic heterocycles. The number of allylic oxidation sites excluding steroid dienone is 2. The third kappa shape index (κ3) is 3.95. The van der Waals surface area contributed by atoms with Crippen molar-refractivity contribution in [2.45, 2.75) is 32.7 Å². The van der Waals surface area contributed by atoms with Gasteiger partial charge >= 0.3 is 0 Å². The minimum atomic E-state index is 0.832. The van der Waals surface area contributed by atoms with E-state index < -0.39 is 0 Å². The predicted octanol–water partition coefficient (Wildman–Crippen LogP) is 2.40. The molecular formula is C14H22N4. The molecule has 2 N–H and O–H groups in total. The third-order valence-electron chi connectivity index (χ3n) is 3.09. The Balaban J connectivity index is 1.73. The Morgan fingerprint density at radius 1 is 1.44 bits per heavy atom. The monoisotopic (exact) mass is 246 g/mol. The topological polar surface area (TPSA) is 44.0 Å². The van der Waals surface area contributed by atoms with Gasteiger partial charge in [0.1, 0.15) is 0 Å². The van der Waals surface area contributed by atoms with Gasteiger partial charge in [-0.25, -0.2) is 0 Å². The summed E-state index contributed by atoms with van der Waals surface area (Å²) in [5.74, 6) is 0. The van der Waals surface area contributed by atoms with Crippen LogP contribution in [-0.4, -0.2) is 28.2 Å². The fourth-order valence-electron chi connectivity index (χ4n) is 2.03. The Morgan fingerprint density at radius 3 is 3.17 bits per heavy atom. The molecule has 4 heteroatoms. The largest absolute Gasteiger partial charge is 0.383 e. The molecule has 98 valence electrons. The summed E-state index contributed by atoms with van der Waals surface area (Å²) in [5.41, 5.74) is 2.46. The number of rotatable bonds is 7. The standard InChI is InChI=1S/C14H22N4/c1-2-3-4-7-18-8-5-6-14(12-18)15-9-13-10-16-17-11-13/h5-6,8,10-11,15H,2-4,7,9,12H2,1H3,(H,16,17). The van der Waals surface area contributed by atoms with Gasteiger partial charge in [0.2, 0.25) is 0 Å². The second-order valence-corrected chi connectivity index (χ2v) is 4.67. The zero-order valence-corrected chi connectivity index (χ0v) is 11.0. The molecule has 1 aliphatic rings. The first-order chi connectivity index (χ1) is 8.88. The van der Waals surface area contributed by atoms with Crippen molar-refractivity contribution in [3.63, 3.8) is 0 Å². The third-order valence-corrected chi connectivity index (χ3v) is 3.09. The van der Waals surface area contributed by atoms with Gasteiger partial charge in [-0.15, -0.1) is 0 Å². The van der Waals surface area contributed by atoms with Crippen molar-refractivity contribution in [2.75, 3.05) is 13.1 Å². The molecule has 0 aromatic carbocycles. The quantitative estimate of drug-likeness (QED) is 0.726. The van der Waals surface area contributed by atoms with Crippen LogP contribution in [0.15, 0.2) is 36.4 Å². The summed E-state index contributed by atoms with van der Waals surface area (Å²) in [4.78, 5) is 2.37. The number of hydrogen-bond donors (Lipinski definition) is 2. The van der Waals surface area contributed by atoms with E-state index in [4.69, 9.17) is 0 Å². The lowest BCUT2D eigenvalue weighted by Gasteiger charge is -2.25. The van der Waals surface area contributed by atoms with Crippen LogP contribution in [0.2, 0.25) is 0 Å². The van der Waals surface area contributed by atoms with Gasteiger partial charge in [-0.3, -0.25) is 5.10 Å². The van der Waals surface area contributed by atoms with Crippen LogP contribution in [0.5, 0.6) is 0 Å². The minimum absolute atomic E-state index is 0.832. The number of H-pyrrole nitrogens is 1. The molecule has 0 spiro atoms. The van der Waals surface area contributed by atoms with Crippen molar-refractivity contribution in [3.8, 4) is 0 Å². The average molecular weight is 246 g/mol. The molecule has 0 atom stereocenters. The van der Waals surface area contributed by atoms with Crippen molar-refractivity contribution in [1.29, 1.82) is 0 Å². The van der Waals surface area contributed by atoms with Crippen molar-refractivity contribution < 1.29 is 0 Å². The van der Waals surface area contributed by atoms with Gasteiger partial charge in [0.15, 0.2) is 0 Å². The van der Waals surface area contributed by atoms with E-state index in [9.17, 15) is 0 Å². The molecule has 4 nitrogen and oxygen atoms in total. The van der Waals surface area contributed by atoms with E-state index in [1.807, 2.05) is 12.4 Å². The Hall–Kier alpha value is -1.71. The van der Waals surface area contributed by atoms with E-state index in [1.165, 1.54) is 30.5 Å². The molecule has 0 unspecified atom stereocenters. The van der Waals surface area contributed by atoms with Gasteiger partial charge in [0, 0.05) is 30.5 Å². The molecular weight excluding hydrogens is 224 g/mol. The van der Waals surface area contributed by atoms with Crippen LogP contribution >= 0.6 is 0 Å². The average Bonchev–Trinajstić information content (AvgIpc) is 2.90. The van der Waals surface area contributed by atoms with Crippen molar-refractivity contribution in [1.82, 2.24) is 20.4 Å². The lowest BCUT2D eigenvalue weighted by atomic mass is 10.2. The van der Waals surface area contributed by atoms with E-state index in [0.29, 0.717) is 0 Å². The molecule has 0 amide bonds. The molecule has 0 fully saturated rings. The molecule has 18 heavy (non-hydrogen) atoms. The highest BCUT2D eigenvalue weighted by atomic mass is 15.1. The van der Waals surface area contributed by atoms with E-state index in [0.717, 1.165) is 19.6 Å². The fraction of sp³-hybridized carbons (Fsp3) is 0.500. The van der Waals surface area contributed by atoms with Gasteiger partial charge < -0.3 is 10.2 Å². The molecule has 0 saturated carbocycles. The zero-order chi connectivity index (χ0) is 12.6. The van der Waals surface area contributed by atoms with Crippen LogP contribution in [0.1, 0.15) is 31.7 Å². The van der Waals surface area contributed by atoms with E-state index in [2.05, 4.69) is 45.7 Å². The molecule has 1 aliphatic heterocycles. The Labute approximate surface area is 109 Å². The number of unbranched alkanes of at least 4 members (excludes halogenated alkanes) is 2. The second-order valence-electron chi connectivity index (χ2n) is 4.67. The van der Waals surface area contributed by atoms with E-state index >= 15 is 0 Å². The van der Waals surface area contributed by atoms with Crippen LogP contribution in [0.4, 0.5) is 0 Å². The molecule has 2 heterocycles. The fourth-order valence-corrected chi connectivity index (χ4v) is 2.03. The smallest absolute Gasteiger partial charge is 0.0571 e. The summed E-state index contributed by atoms with van der Waals surface area (Å²) in [7, 11) is 0. The summed E-state index contributed by atoms with van der Waals surface area (Å²) >= 11 is 0. The summed E-state index contributed by atoms with van der Waals surface area (Å²) in [6.45, 7) is 5.20. The lowest BCUT2D eigenvalue weighted by Crippen LogP contribution is -2.29. The first-order valence-electron chi connectivity index (χ1n) is 6.71. The van der Waals surface area contributed by atoms with Crippen LogP contribution in [-0.2, 0) is 6.54 Å². The van der Waals surface area contributed by atoms with Crippen molar-refractivity contribution in [3.05, 3.63) is 42.0 Å². The highest BCUT2D eigenvalue weighted by Gasteiger charge is 2.06. The summed E-state index contributed by atoms with van der Waals surface area (Å²) < 4.78 is 0. The Bertz CT molecular complexity index is 392. The molecule has 0 saturated heterocycles. The highest BCUT2D eigenvalue weighted by Crippen LogP contribution is 2.08. The maximum atomic E-state index is 3.94. The number of hydrogen-bond acceptors (Lipinski definition) is 3. The molecule has 0 bridgehead atoms. The van der Waals surface area contributed by atoms with E-state index in [1.54, 1.807) is 0 Å². The first-order valence-corrected chi connectivity index (χ1v) is 6.71. The van der Waals surface area contributed by atoms with Gasteiger partial charge in [-0.1, -0.05) is 19.8 Å². The van der Waals surface area contributed by atoms with Crippen LogP contribution < -0.4 is 5.32 Å². The summed E-state index contributed by atoms with van der Waals surface area (Å²) in [6, 6.07) is 0. The summed E-state index contributed by atoms with van der Waals surface area (Å²) in [5, 5.41) is 10.2. The van der Waals surface area contributed by atoms with Crippen LogP contribution in [0.3, 0.4) is 0 Å². The highest BCUT2D eigenvalue weighted by molar-refractivity contribution is 5.18. The predicted molar refractivity (Wildman–Crippen MR) is 73.7 cm³/mol. The number of nitrogens with one attached hydrogen (secondary N) is 2. The van der Waals surface area contributed by atoms with E-state index in [-0.39, 0.29) is 0 Å². The maximum Gasteiger partial charge on any atom is 0.0571 e. The van der Waals surface area contributed by atoms with Gasteiger partial charge in [0.05, 0.1) is 12.7 Å². The Kier molecular flexibility index (Phi) is 4.88. The van der Waals surface area contributed by atoms with Gasteiger partial charge in [0.25, 0.3) is 0 Å². The maximum absolute atomic E-state index is 3.94. The second kappa shape index (κ2) is 6.89. The molecule has 0 aliphatic carbocycles. The Morgan fingerprint density at radius 2 is 2.39 bits per heavy atom. The number of nitrogens with zero attached hydrogens (tertiary/aromatic N) is 2. The van der Waals surface area contributed by atoms with Crippen molar-refractivity contribution in [2.24, 2.45) is 0 Å². The zero-order valence-electron chi connectivity index (χ0n) is 11.0. The first kappa shape index (κ1) is 12.7. The number of aromatic nitrogens is 2.